The molecule has 94 valence electrons. The molecule has 0 saturated carbocycles. The maximum Gasteiger partial charge on any atom is 0.141 e. The van der Waals surface area contributed by atoms with Gasteiger partial charge in [0.15, 0.2) is 0 Å². The first-order valence-corrected chi connectivity index (χ1v) is 6.24. The third-order valence-electron chi connectivity index (χ3n) is 3.37. The van der Waals surface area contributed by atoms with Gasteiger partial charge in [0.25, 0.3) is 0 Å². The van der Waals surface area contributed by atoms with Crippen molar-refractivity contribution in [1.29, 1.82) is 0 Å². The van der Waals surface area contributed by atoms with Gasteiger partial charge in [-0.1, -0.05) is 17.7 Å². The molecule has 0 radical (unpaired) electrons. The SMILES string of the molecule is CNCCCC1(c2ccc(F)c(Cl)c2)COC1. The molecule has 1 aliphatic rings. The van der Waals surface area contributed by atoms with Crippen LogP contribution in [-0.2, 0) is 10.2 Å². The van der Waals surface area contributed by atoms with Crippen molar-refractivity contribution in [3.05, 3.63) is 34.6 Å². The van der Waals surface area contributed by atoms with Crippen molar-refractivity contribution in [2.45, 2.75) is 18.3 Å². The Kier molecular flexibility index (Phi) is 4.02. The molecule has 0 atom stereocenters. The van der Waals surface area contributed by atoms with Crippen LogP contribution in [0.5, 0.6) is 0 Å². The van der Waals surface area contributed by atoms with Crippen LogP contribution in [0.25, 0.3) is 0 Å². The lowest BCUT2D eigenvalue weighted by Gasteiger charge is -2.42. The van der Waals surface area contributed by atoms with E-state index in [1.54, 1.807) is 6.07 Å². The molecule has 17 heavy (non-hydrogen) atoms. The van der Waals surface area contributed by atoms with Crippen LogP contribution in [0.3, 0.4) is 0 Å². The molecule has 4 heteroatoms. The molecule has 0 bridgehead atoms. The summed E-state index contributed by atoms with van der Waals surface area (Å²) in [6.07, 6.45) is 2.12. The van der Waals surface area contributed by atoms with Crippen molar-refractivity contribution in [3.8, 4) is 0 Å². The van der Waals surface area contributed by atoms with Crippen LogP contribution in [0.4, 0.5) is 4.39 Å². The normalized spacial score (nSPS) is 17.8. The zero-order chi connectivity index (χ0) is 12.3. The smallest absolute Gasteiger partial charge is 0.141 e. The second-order valence-electron chi connectivity index (χ2n) is 4.61. The van der Waals surface area contributed by atoms with E-state index in [2.05, 4.69) is 5.32 Å². The summed E-state index contributed by atoms with van der Waals surface area (Å²) in [6, 6.07) is 5.00. The molecule has 0 unspecified atom stereocenters. The molecule has 1 aromatic carbocycles. The number of hydrogen-bond acceptors (Lipinski definition) is 2. The van der Waals surface area contributed by atoms with Gasteiger partial charge in [-0.25, -0.2) is 4.39 Å². The molecule has 1 saturated heterocycles. The van der Waals surface area contributed by atoms with E-state index in [0.29, 0.717) is 13.2 Å². The van der Waals surface area contributed by atoms with E-state index in [0.717, 1.165) is 24.9 Å². The third kappa shape index (κ3) is 2.62. The van der Waals surface area contributed by atoms with Gasteiger partial charge >= 0.3 is 0 Å². The van der Waals surface area contributed by atoms with E-state index in [1.165, 1.54) is 6.07 Å². The van der Waals surface area contributed by atoms with Crippen molar-refractivity contribution in [2.24, 2.45) is 0 Å². The fourth-order valence-electron chi connectivity index (χ4n) is 2.23. The van der Waals surface area contributed by atoms with E-state index in [9.17, 15) is 4.39 Å². The Hall–Kier alpha value is -0.640. The minimum Gasteiger partial charge on any atom is -0.379 e. The standard InChI is InChI=1S/C13H17ClFNO/c1-16-6-2-5-13(8-17-9-13)10-3-4-12(15)11(14)7-10/h3-4,7,16H,2,5-6,8-9H2,1H3. The Morgan fingerprint density at radius 2 is 2.24 bits per heavy atom. The molecular weight excluding hydrogens is 241 g/mol. The first kappa shape index (κ1) is 12.8. The molecule has 0 spiro atoms. The lowest BCUT2D eigenvalue weighted by atomic mass is 9.75. The fraction of sp³-hybridized carbons (Fsp3) is 0.538. The Bertz CT molecular complexity index is 393. The second-order valence-corrected chi connectivity index (χ2v) is 5.02. The van der Waals surface area contributed by atoms with Crippen LogP contribution in [0.1, 0.15) is 18.4 Å². The topological polar surface area (TPSA) is 21.3 Å². The zero-order valence-electron chi connectivity index (χ0n) is 9.93. The number of halogens is 2. The Morgan fingerprint density at radius 1 is 1.47 bits per heavy atom. The van der Waals surface area contributed by atoms with Crippen molar-refractivity contribution in [1.82, 2.24) is 5.32 Å². The number of nitrogens with one attached hydrogen (secondary N) is 1. The maximum atomic E-state index is 13.1. The lowest BCUT2D eigenvalue weighted by Crippen LogP contribution is -2.47. The summed E-state index contributed by atoms with van der Waals surface area (Å²) in [5, 5.41) is 3.33. The molecule has 2 rings (SSSR count). The van der Waals surface area contributed by atoms with Crippen LogP contribution < -0.4 is 5.32 Å². The van der Waals surface area contributed by atoms with Gasteiger partial charge < -0.3 is 10.1 Å². The number of hydrogen-bond donors (Lipinski definition) is 1. The highest BCUT2D eigenvalue weighted by Gasteiger charge is 2.39. The Morgan fingerprint density at radius 3 is 2.76 bits per heavy atom. The Balaban J connectivity index is 2.13. The second kappa shape index (κ2) is 5.34. The summed E-state index contributed by atoms with van der Waals surface area (Å²) >= 11 is 5.83. The highest BCUT2D eigenvalue weighted by molar-refractivity contribution is 6.30. The van der Waals surface area contributed by atoms with Crippen molar-refractivity contribution < 1.29 is 9.13 Å². The maximum absolute atomic E-state index is 13.1. The van der Waals surface area contributed by atoms with Gasteiger partial charge in [-0.05, 0) is 44.1 Å². The summed E-state index contributed by atoms with van der Waals surface area (Å²) in [5.74, 6) is -0.360. The molecule has 1 aliphatic heterocycles. The van der Waals surface area contributed by atoms with Crippen molar-refractivity contribution >= 4 is 11.6 Å². The highest BCUT2D eigenvalue weighted by atomic mass is 35.5. The summed E-state index contributed by atoms with van der Waals surface area (Å²) in [4.78, 5) is 0. The van der Waals surface area contributed by atoms with Crippen LogP contribution in [0.15, 0.2) is 18.2 Å². The first-order chi connectivity index (χ1) is 8.18. The van der Waals surface area contributed by atoms with Crippen molar-refractivity contribution in [2.75, 3.05) is 26.8 Å². The zero-order valence-corrected chi connectivity index (χ0v) is 10.7. The minimum absolute atomic E-state index is 0.0359. The summed E-state index contributed by atoms with van der Waals surface area (Å²) in [7, 11) is 1.94. The van der Waals surface area contributed by atoms with Gasteiger partial charge in [-0.15, -0.1) is 0 Å². The van der Waals surface area contributed by atoms with E-state index in [4.69, 9.17) is 16.3 Å². The van der Waals surface area contributed by atoms with Crippen LogP contribution in [0.2, 0.25) is 5.02 Å². The number of ether oxygens (including phenoxy) is 1. The van der Waals surface area contributed by atoms with Crippen LogP contribution in [-0.4, -0.2) is 26.8 Å². The number of rotatable bonds is 5. The average Bonchev–Trinajstić information content (AvgIpc) is 2.26. The quantitative estimate of drug-likeness (QED) is 0.819. The lowest BCUT2D eigenvalue weighted by molar-refractivity contribution is -0.0650. The molecule has 0 aliphatic carbocycles. The summed E-state index contributed by atoms with van der Waals surface area (Å²) in [5.41, 5.74) is 1.13. The van der Waals surface area contributed by atoms with Gasteiger partial charge in [0.1, 0.15) is 5.82 Å². The fourth-order valence-corrected chi connectivity index (χ4v) is 2.41. The Labute approximate surface area is 106 Å². The molecule has 1 fully saturated rings. The van der Waals surface area contributed by atoms with Crippen LogP contribution >= 0.6 is 11.6 Å². The minimum atomic E-state index is -0.360. The van der Waals surface area contributed by atoms with Gasteiger partial charge in [0, 0.05) is 5.41 Å². The van der Waals surface area contributed by atoms with E-state index >= 15 is 0 Å². The highest BCUT2D eigenvalue weighted by Crippen LogP contribution is 2.38. The van der Waals surface area contributed by atoms with E-state index in [1.807, 2.05) is 13.1 Å². The molecule has 1 aromatic rings. The van der Waals surface area contributed by atoms with Gasteiger partial charge in [0.05, 0.1) is 18.2 Å². The summed E-state index contributed by atoms with van der Waals surface area (Å²) < 4.78 is 18.5. The largest absolute Gasteiger partial charge is 0.379 e. The predicted octanol–water partition coefficient (Wildman–Crippen LogP) is 2.75. The predicted molar refractivity (Wildman–Crippen MR) is 67.1 cm³/mol. The average molecular weight is 258 g/mol. The monoisotopic (exact) mass is 257 g/mol. The molecule has 0 amide bonds. The van der Waals surface area contributed by atoms with E-state index in [-0.39, 0.29) is 16.3 Å². The number of benzene rings is 1. The van der Waals surface area contributed by atoms with E-state index < -0.39 is 0 Å². The third-order valence-corrected chi connectivity index (χ3v) is 3.66. The molecule has 1 N–H and O–H groups in total. The van der Waals surface area contributed by atoms with Crippen molar-refractivity contribution in [3.63, 3.8) is 0 Å². The van der Waals surface area contributed by atoms with Crippen LogP contribution in [0, 0.1) is 5.82 Å². The first-order valence-electron chi connectivity index (χ1n) is 5.86. The molecule has 0 aromatic heterocycles. The van der Waals surface area contributed by atoms with Gasteiger partial charge in [-0.2, -0.15) is 0 Å². The van der Waals surface area contributed by atoms with Gasteiger partial charge in [0.2, 0.25) is 0 Å². The summed E-state index contributed by atoms with van der Waals surface area (Å²) in [6.45, 7) is 2.40. The molecular formula is C13H17ClFNO. The molecule has 1 heterocycles. The molecule has 2 nitrogen and oxygen atoms in total. The van der Waals surface area contributed by atoms with Gasteiger partial charge in [-0.3, -0.25) is 0 Å².